The normalized spacial score (nSPS) is 36.0. The van der Waals surface area contributed by atoms with Crippen molar-refractivity contribution in [1.82, 2.24) is 9.80 Å². The van der Waals surface area contributed by atoms with Crippen LogP contribution < -0.4 is 0 Å². The maximum Gasteiger partial charge on any atom is 0.340 e. The van der Waals surface area contributed by atoms with Gasteiger partial charge in [-0.25, -0.2) is 9.59 Å². The highest BCUT2D eigenvalue weighted by Gasteiger charge is 2.65. The van der Waals surface area contributed by atoms with Gasteiger partial charge in [-0.3, -0.25) is 38.4 Å². The van der Waals surface area contributed by atoms with Crippen LogP contribution in [0, 0.1) is 52.3 Å². The predicted molar refractivity (Wildman–Crippen MR) is 413 cm³/mol. The van der Waals surface area contributed by atoms with Crippen molar-refractivity contribution in [2.24, 2.45) is 52.3 Å². The van der Waals surface area contributed by atoms with Crippen molar-refractivity contribution in [3.8, 4) is 0 Å². The lowest BCUT2D eigenvalue weighted by Crippen LogP contribution is -2.61. The van der Waals surface area contributed by atoms with Gasteiger partial charge in [-0.05, 0) is 164 Å². The SMILES string of the molecule is C=CCN(/C=C1/C(=O)O[C@H](COC)[C@@]2(C)C1=C(O)C(=O)C1=C2[C@H](OC(C)=O)C[C@]2(C)[C@@H](OC(=O)CCCCCCC(=O)O[C@@H]3/C(C)=C/[C@@H](C)C(=O)C[C@@H]([C@H](C)C[C@H]4CC[C@H](O)CC4)OC(=O)[C@@H]4CCCCN4C(=O)C(=O)[C@]4(O)O[C@@H](CC[C@H]4C)C[C@H](OC)/C(C)=C/C=C/C=C/[C@@H](C)C[C@@H](C)C(=O)[C@@H]3OC)CC[C@@H]12)CC=C. The van der Waals surface area contributed by atoms with Crippen molar-refractivity contribution in [2.45, 2.75) is 277 Å². The molecule has 3 saturated heterocycles. The van der Waals surface area contributed by atoms with E-state index in [1.807, 2.05) is 58.1 Å². The van der Waals surface area contributed by atoms with Crippen LogP contribution in [0.2, 0.25) is 0 Å². The topological polar surface area (TPSA) is 321 Å². The minimum Gasteiger partial charge on any atom is -0.504 e. The number of ether oxygens (including phenoxy) is 9. The Bertz CT molecular complexity index is 3640. The molecule has 4 aliphatic heterocycles. The molecule has 0 aromatic rings. The molecule has 4 heterocycles. The number of aliphatic hydroxyl groups excluding tert-OH is 2. The minimum absolute atomic E-state index is 0.0226. The van der Waals surface area contributed by atoms with Gasteiger partial charge in [-0.15, -0.1) is 13.2 Å². The number of rotatable bonds is 22. The zero-order valence-corrected chi connectivity index (χ0v) is 67.8. The van der Waals surface area contributed by atoms with E-state index in [9.17, 15) is 63.3 Å². The fourth-order valence-electron chi connectivity index (χ4n) is 18.4. The monoisotopic (exact) mass is 1550 g/mol. The number of nitrogens with zero attached hydrogens (tertiary/aromatic N) is 2. The van der Waals surface area contributed by atoms with Crippen molar-refractivity contribution in [3.63, 3.8) is 0 Å². The third kappa shape index (κ3) is 21.1. The number of methoxy groups -OCH3 is 3. The Hall–Kier alpha value is -7.48. The van der Waals surface area contributed by atoms with Crippen LogP contribution in [0.4, 0.5) is 0 Å². The number of ketones is 4. The number of aliphatic hydroxyl groups is 3. The number of amides is 1. The number of fused-ring (bicyclic) bond motifs is 7. The summed E-state index contributed by atoms with van der Waals surface area (Å²) >= 11 is 0. The summed E-state index contributed by atoms with van der Waals surface area (Å²) in [6.07, 6.45) is 16.2. The van der Waals surface area contributed by atoms with Crippen molar-refractivity contribution < 1.29 is 106 Å². The molecule has 24 nitrogen and oxygen atoms in total. The summed E-state index contributed by atoms with van der Waals surface area (Å²) in [5.74, 6) is -13.2. The quantitative estimate of drug-likeness (QED) is 0.0226. The number of hydrogen-bond acceptors (Lipinski definition) is 23. The average molecular weight is 1550 g/mol. The summed E-state index contributed by atoms with van der Waals surface area (Å²) in [6, 6.07) is -1.21. The fraction of sp³-hybridized carbons (Fsp3) is 0.678. The molecule has 18 atom stereocenters. The third-order valence-electron chi connectivity index (χ3n) is 24.8. The lowest BCUT2D eigenvalue weighted by atomic mass is 9.53. The van der Waals surface area contributed by atoms with Gasteiger partial charge in [-0.2, -0.15) is 0 Å². The zero-order chi connectivity index (χ0) is 81.4. The lowest BCUT2D eigenvalue weighted by Gasteiger charge is -2.54. The van der Waals surface area contributed by atoms with Crippen LogP contribution >= 0.6 is 0 Å². The Kier molecular flexibility index (Phi) is 32.1. The number of allylic oxidation sites excluding steroid dienone is 7. The van der Waals surface area contributed by atoms with Crippen LogP contribution in [-0.2, 0) is 90.6 Å². The van der Waals surface area contributed by atoms with Gasteiger partial charge >= 0.3 is 29.8 Å². The number of hydrogen-bond donors (Lipinski definition) is 3. The molecule has 0 aromatic carbocycles. The molecule has 0 spiro atoms. The maximum atomic E-state index is 14.9. The van der Waals surface area contributed by atoms with E-state index in [-0.39, 0.29) is 97.7 Å². The summed E-state index contributed by atoms with van der Waals surface area (Å²) in [5.41, 5.74) is -0.577. The Morgan fingerprint density at radius 1 is 0.775 bits per heavy atom. The summed E-state index contributed by atoms with van der Waals surface area (Å²) in [5, 5.41) is 34.7. The maximum absolute atomic E-state index is 14.9. The second kappa shape index (κ2) is 40.0. The fourth-order valence-corrected chi connectivity index (χ4v) is 18.4. The third-order valence-corrected chi connectivity index (χ3v) is 24.8. The standard InChI is InChI=1S/C87H124N2O22/c1-16-40-88(41-17-2)49-62-74-78(97)77(96)73-63-38-39-69(85(63,11)48-68(106-58(10)90)75(73)86(74,12)70(50-103-13)109-83(62)100)108-71(93)30-23-18-19-24-31-72(94)110-79-56(8)44-53(5)65(92)47-67(54(6)45-59-33-35-60(91)36-34-59)107-84(101)64-29-25-26-42-89(64)82(99)81(98)87(102)57(9)32-37-61(111-87)46-66(104-14)52(4)28-22-20-21-27-51(3)43-55(7)76(95)80(79)105-15/h16-17,20-22,27-28,44,49,51,53-55,57,59-61,63-64,66-70,79-80,91,97,102H,1-2,18-19,23-26,29-43,45-48,50H2,3-15H3/b22-20+,27-21+,52-28+,56-44+,62-49+/t51-,53-,54-,55-,57-,59-,60-,61+,63+,64+,66+,67+,68-,69+,70-,79-,80+,85+,86+,87-/m1/s1. The van der Waals surface area contributed by atoms with Crippen molar-refractivity contribution in [1.29, 1.82) is 0 Å². The van der Waals surface area contributed by atoms with Crippen LogP contribution in [0.3, 0.4) is 0 Å². The molecular formula is C87H124N2O22. The van der Waals surface area contributed by atoms with Gasteiger partial charge in [0.05, 0.1) is 35.9 Å². The molecule has 8 aliphatic rings. The van der Waals surface area contributed by atoms with Gasteiger partial charge in [0.1, 0.15) is 36.2 Å². The Balaban J connectivity index is 0.979. The van der Waals surface area contributed by atoms with Gasteiger partial charge in [0.15, 0.2) is 23.8 Å². The van der Waals surface area contributed by atoms with Crippen molar-refractivity contribution in [2.75, 3.05) is 47.6 Å². The minimum atomic E-state index is -2.49. The molecule has 1 amide bonds. The van der Waals surface area contributed by atoms with Crippen molar-refractivity contribution in [3.05, 3.63) is 107 Å². The van der Waals surface area contributed by atoms with E-state index >= 15 is 0 Å². The summed E-state index contributed by atoms with van der Waals surface area (Å²) in [6.45, 7) is 25.7. The molecule has 0 aromatic heterocycles. The van der Waals surface area contributed by atoms with E-state index in [4.69, 9.17) is 42.6 Å². The number of Topliss-reactive ketones (excluding diaryl/α,β-unsaturated/α-hetero) is 4. The Labute approximate surface area is 655 Å². The van der Waals surface area contributed by atoms with Crippen LogP contribution in [-0.4, -0.2) is 198 Å². The van der Waals surface area contributed by atoms with Gasteiger partial charge in [0, 0.05) is 114 Å². The molecule has 2 saturated carbocycles. The van der Waals surface area contributed by atoms with E-state index < -0.39 is 154 Å². The van der Waals surface area contributed by atoms with Crippen LogP contribution in [0.15, 0.2) is 107 Å². The van der Waals surface area contributed by atoms with Crippen LogP contribution in [0.25, 0.3) is 0 Å². The first kappa shape index (κ1) is 89.1. The molecule has 2 bridgehead atoms. The summed E-state index contributed by atoms with van der Waals surface area (Å²) in [4.78, 5) is 146. The van der Waals surface area contributed by atoms with Gasteiger partial charge in [0.2, 0.25) is 11.6 Å². The van der Waals surface area contributed by atoms with Crippen molar-refractivity contribution >= 4 is 58.9 Å². The molecule has 0 unspecified atom stereocenters. The van der Waals surface area contributed by atoms with Gasteiger partial charge in [0.25, 0.3) is 11.7 Å². The smallest absolute Gasteiger partial charge is 0.340 e. The van der Waals surface area contributed by atoms with E-state index in [1.54, 1.807) is 64.9 Å². The highest BCUT2D eigenvalue weighted by Crippen LogP contribution is 2.64. The Morgan fingerprint density at radius 3 is 2.09 bits per heavy atom. The molecule has 0 radical (unpaired) electrons. The highest BCUT2D eigenvalue weighted by molar-refractivity contribution is 6.39. The molecular weight excluding hydrogens is 1420 g/mol. The number of carbonyl (C=O) groups excluding carboxylic acids is 10. The second-order valence-electron chi connectivity index (χ2n) is 33.0. The molecule has 4 aliphatic carbocycles. The van der Waals surface area contributed by atoms with E-state index in [1.165, 1.54) is 32.2 Å². The lowest BCUT2D eigenvalue weighted by molar-refractivity contribution is -0.265. The van der Waals surface area contributed by atoms with Crippen LogP contribution in [0.1, 0.15) is 210 Å². The first-order valence-corrected chi connectivity index (χ1v) is 40.3. The molecule has 111 heavy (non-hydrogen) atoms. The average Bonchev–Trinajstić information content (AvgIpc) is 1.67. The molecule has 24 heteroatoms. The van der Waals surface area contributed by atoms with E-state index in [0.717, 1.165) is 18.4 Å². The molecule has 8 rings (SSSR count). The molecule has 3 N–H and O–H groups in total. The number of cyclic esters (lactones) is 2. The zero-order valence-electron chi connectivity index (χ0n) is 67.8. The predicted octanol–water partition coefficient (Wildman–Crippen LogP) is 11.9. The number of carbonyl (C=O) groups is 10. The first-order chi connectivity index (χ1) is 52.7. The molecule has 614 valence electrons. The number of piperidine rings is 1. The molecule has 5 fully saturated rings. The Morgan fingerprint density at radius 2 is 1.45 bits per heavy atom. The van der Waals surface area contributed by atoms with E-state index in [0.29, 0.717) is 114 Å². The largest absolute Gasteiger partial charge is 0.504 e. The van der Waals surface area contributed by atoms with Gasteiger partial charge < -0.3 is 67.8 Å². The highest BCUT2D eigenvalue weighted by atomic mass is 16.6. The van der Waals surface area contributed by atoms with E-state index in [2.05, 4.69) is 13.2 Å². The second-order valence-corrected chi connectivity index (χ2v) is 33.0. The summed E-state index contributed by atoms with van der Waals surface area (Å²) < 4.78 is 54.9. The number of unbranched alkanes of at least 4 members (excludes halogenated alkanes) is 3. The number of esters is 5. The summed E-state index contributed by atoms with van der Waals surface area (Å²) in [7, 11) is 4.37. The van der Waals surface area contributed by atoms with Gasteiger partial charge in [-0.1, -0.05) is 103 Å². The van der Waals surface area contributed by atoms with Crippen LogP contribution in [0.5, 0.6) is 0 Å². The first-order valence-electron chi connectivity index (χ1n) is 40.3.